The SMILES string of the molecule is CCC1(CC)CC(=O)N(C(CCS(C)(=O)=O)c2cccc(C(=O)N[C@@H]3c4ccccc4C[C@]3(C)O)c2)C(=N)N1. The van der Waals surface area contributed by atoms with Crippen molar-refractivity contribution in [2.45, 2.75) is 76.1 Å². The highest BCUT2D eigenvalue weighted by Crippen LogP contribution is 2.39. The molecule has 2 aromatic rings. The van der Waals surface area contributed by atoms with Gasteiger partial charge in [0.1, 0.15) is 9.84 Å². The van der Waals surface area contributed by atoms with Crippen LogP contribution in [0, 0.1) is 5.41 Å². The summed E-state index contributed by atoms with van der Waals surface area (Å²) in [4.78, 5) is 28.1. The first-order valence-corrected chi connectivity index (χ1v) is 15.4. The van der Waals surface area contributed by atoms with Crippen LogP contribution in [0.2, 0.25) is 0 Å². The number of carbonyl (C=O) groups excluding carboxylic acids is 2. The van der Waals surface area contributed by atoms with Crippen molar-refractivity contribution in [2.24, 2.45) is 0 Å². The summed E-state index contributed by atoms with van der Waals surface area (Å²) in [6.45, 7) is 5.63. The molecule has 4 rings (SSSR count). The topological polar surface area (TPSA) is 140 Å². The van der Waals surface area contributed by atoms with Crippen LogP contribution in [-0.4, -0.2) is 59.3 Å². The van der Waals surface area contributed by atoms with Crippen molar-refractivity contribution in [1.82, 2.24) is 15.5 Å². The van der Waals surface area contributed by atoms with Crippen LogP contribution in [0.5, 0.6) is 0 Å². The van der Waals surface area contributed by atoms with E-state index < -0.39 is 39.0 Å². The molecule has 1 unspecified atom stereocenters. The Morgan fingerprint density at radius 3 is 2.51 bits per heavy atom. The van der Waals surface area contributed by atoms with Crippen LogP contribution in [0.15, 0.2) is 48.5 Å². The van der Waals surface area contributed by atoms with Gasteiger partial charge < -0.3 is 15.7 Å². The number of aliphatic hydroxyl groups is 1. The fourth-order valence-electron chi connectivity index (χ4n) is 5.77. The third-order valence-electron chi connectivity index (χ3n) is 8.16. The second-order valence-electron chi connectivity index (χ2n) is 11.1. The summed E-state index contributed by atoms with van der Waals surface area (Å²) in [5, 5.41) is 25.9. The molecule has 0 saturated carbocycles. The minimum Gasteiger partial charge on any atom is -0.387 e. The lowest BCUT2D eigenvalue weighted by Gasteiger charge is -2.45. The van der Waals surface area contributed by atoms with Crippen molar-refractivity contribution in [2.75, 3.05) is 12.0 Å². The normalized spacial score (nSPS) is 23.2. The molecule has 4 N–H and O–H groups in total. The van der Waals surface area contributed by atoms with E-state index in [1.807, 2.05) is 38.1 Å². The van der Waals surface area contributed by atoms with E-state index in [1.165, 1.54) is 4.90 Å². The smallest absolute Gasteiger partial charge is 0.251 e. The number of rotatable bonds is 9. The fourth-order valence-corrected chi connectivity index (χ4v) is 6.42. The maximum Gasteiger partial charge on any atom is 0.251 e. The zero-order chi connectivity index (χ0) is 28.6. The zero-order valence-corrected chi connectivity index (χ0v) is 23.8. The van der Waals surface area contributed by atoms with Gasteiger partial charge in [-0.2, -0.15) is 0 Å². The van der Waals surface area contributed by atoms with Crippen LogP contribution in [0.1, 0.15) is 85.6 Å². The molecule has 2 aliphatic rings. The second kappa shape index (κ2) is 10.7. The van der Waals surface area contributed by atoms with Crippen molar-refractivity contribution >= 4 is 27.6 Å². The molecule has 1 aliphatic heterocycles. The summed E-state index contributed by atoms with van der Waals surface area (Å²) in [6.07, 6.45) is 3.17. The lowest BCUT2D eigenvalue weighted by Crippen LogP contribution is -2.62. The molecule has 1 saturated heterocycles. The number of sulfone groups is 1. The Morgan fingerprint density at radius 1 is 1.18 bits per heavy atom. The van der Waals surface area contributed by atoms with Crippen LogP contribution < -0.4 is 10.6 Å². The maximum absolute atomic E-state index is 13.4. The summed E-state index contributed by atoms with van der Waals surface area (Å²) < 4.78 is 24.2. The summed E-state index contributed by atoms with van der Waals surface area (Å²) in [7, 11) is -3.35. The van der Waals surface area contributed by atoms with Crippen molar-refractivity contribution in [1.29, 1.82) is 5.41 Å². The molecule has 0 spiro atoms. The first-order valence-electron chi connectivity index (χ1n) is 13.4. The molecular formula is C29H38N4O5S. The average molecular weight is 555 g/mol. The molecule has 1 heterocycles. The highest BCUT2D eigenvalue weighted by molar-refractivity contribution is 7.90. The van der Waals surface area contributed by atoms with Crippen molar-refractivity contribution < 1.29 is 23.1 Å². The molecule has 2 aromatic carbocycles. The van der Waals surface area contributed by atoms with Crippen molar-refractivity contribution in [3.8, 4) is 0 Å². The third kappa shape index (κ3) is 6.01. The van der Waals surface area contributed by atoms with Gasteiger partial charge in [0.25, 0.3) is 5.91 Å². The standard InChI is InChI=1S/C29H38N4O5S/c1-5-29(6-2)18-24(34)33(27(30)32-29)23(14-15-39(4,37)38)19-11-9-12-20(16-19)26(35)31-25-22-13-8-7-10-21(22)17-28(25,3)36/h7-13,16,23,25,36H,5-6,14-15,17-18H2,1-4H3,(H2,30,32)(H,31,35)/t23?,25-,28+/m1/s1. The maximum atomic E-state index is 13.4. The summed E-state index contributed by atoms with van der Waals surface area (Å²) in [5.74, 6) is -0.897. The van der Waals surface area contributed by atoms with Gasteiger partial charge in [0.2, 0.25) is 5.91 Å². The van der Waals surface area contributed by atoms with E-state index in [9.17, 15) is 23.1 Å². The van der Waals surface area contributed by atoms with E-state index in [0.717, 1.165) is 17.4 Å². The summed E-state index contributed by atoms with van der Waals surface area (Å²) >= 11 is 0. The Balaban J connectivity index is 1.64. The predicted molar refractivity (Wildman–Crippen MR) is 150 cm³/mol. The fraction of sp³-hybridized carbons (Fsp3) is 0.483. The van der Waals surface area contributed by atoms with Gasteiger partial charge in [0.15, 0.2) is 5.96 Å². The third-order valence-corrected chi connectivity index (χ3v) is 9.13. The molecule has 0 bridgehead atoms. The zero-order valence-electron chi connectivity index (χ0n) is 23.0. The van der Waals surface area contributed by atoms with Gasteiger partial charge in [-0.3, -0.25) is 19.9 Å². The Morgan fingerprint density at radius 2 is 1.87 bits per heavy atom. The number of hydrogen-bond donors (Lipinski definition) is 4. The van der Waals surface area contributed by atoms with Crippen LogP contribution in [0.3, 0.4) is 0 Å². The number of benzene rings is 2. The van der Waals surface area contributed by atoms with Gasteiger partial charge in [0.05, 0.1) is 29.9 Å². The number of fused-ring (bicyclic) bond motifs is 1. The van der Waals surface area contributed by atoms with E-state index >= 15 is 0 Å². The summed E-state index contributed by atoms with van der Waals surface area (Å²) in [5.41, 5.74) is 1.06. The molecule has 3 atom stereocenters. The Labute approximate surface area is 230 Å². The number of nitrogens with one attached hydrogen (secondary N) is 3. The lowest BCUT2D eigenvalue weighted by molar-refractivity contribution is -0.132. The van der Waals surface area contributed by atoms with E-state index in [4.69, 9.17) is 5.41 Å². The van der Waals surface area contributed by atoms with Crippen LogP contribution in [0.4, 0.5) is 0 Å². The second-order valence-corrected chi connectivity index (χ2v) is 13.4. The monoisotopic (exact) mass is 554 g/mol. The Kier molecular flexibility index (Phi) is 7.91. The quantitative estimate of drug-likeness (QED) is 0.375. The van der Waals surface area contributed by atoms with Crippen LogP contribution in [-0.2, 0) is 21.1 Å². The molecule has 210 valence electrons. The molecule has 39 heavy (non-hydrogen) atoms. The number of amides is 2. The average Bonchev–Trinajstić information content (AvgIpc) is 3.13. The van der Waals surface area contributed by atoms with Gasteiger partial charge in [-0.05, 0) is 55.0 Å². The minimum atomic E-state index is -3.35. The molecular weight excluding hydrogens is 516 g/mol. The van der Waals surface area contributed by atoms with Crippen LogP contribution >= 0.6 is 0 Å². The number of carbonyl (C=O) groups is 2. The van der Waals surface area contributed by atoms with Crippen molar-refractivity contribution in [3.63, 3.8) is 0 Å². The van der Waals surface area contributed by atoms with Gasteiger partial charge in [-0.25, -0.2) is 8.42 Å². The van der Waals surface area contributed by atoms with Gasteiger partial charge in [-0.1, -0.05) is 50.2 Å². The lowest BCUT2D eigenvalue weighted by atomic mass is 9.86. The summed E-state index contributed by atoms with van der Waals surface area (Å²) in [6, 6.07) is 13.0. The number of hydrogen-bond acceptors (Lipinski definition) is 6. The van der Waals surface area contributed by atoms with Gasteiger partial charge >= 0.3 is 0 Å². The van der Waals surface area contributed by atoms with E-state index in [0.29, 0.717) is 30.4 Å². The molecule has 2 amide bonds. The number of guanidine groups is 1. The first kappa shape index (κ1) is 28.8. The van der Waals surface area contributed by atoms with Gasteiger partial charge in [-0.15, -0.1) is 0 Å². The van der Waals surface area contributed by atoms with E-state index in [2.05, 4.69) is 10.6 Å². The Bertz CT molecular complexity index is 1360. The van der Waals surface area contributed by atoms with E-state index in [-0.39, 0.29) is 30.5 Å². The molecule has 1 fully saturated rings. The molecule has 9 nitrogen and oxygen atoms in total. The predicted octanol–water partition coefficient (Wildman–Crippen LogP) is 3.26. The first-order chi connectivity index (χ1) is 18.3. The van der Waals surface area contributed by atoms with Gasteiger partial charge in [0, 0.05) is 23.8 Å². The number of nitrogens with zero attached hydrogens (tertiary/aromatic N) is 1. The highest BCUT2D eigenvalue weighted by atomic mass is 32.2. The largest absolute Gasteiger partial charge is 0.387 e. The molecule has 1 aliphatic carbocycles. The minimum absolute atomic E-state index is 0.0677. The molecule has 0 aromatic heterocycles. The molecule has 10 heteroatoms. The Hall–Kier alpha value is -3.24. The highest BCUT2D eigenvalue weighted by Gasteiger charge is 2.43. The van der Waals surface area contributed by atoms with E-state index in [1.54, 1.807) is 31.2 Å². The van der Waals surface area contributed by atoms with Crippen molar-refractivity contribution in [3.05, 3.63) is 70.8 Å². The van der Waals surface area contributed by atoms with Crippen LogP contribution in [0.25, 0.3) is 0 Å². The molecule has 0 radical (unpaired) electrons.